The van der Waals surface area contributed by atoms with Crippen LogP contribution >= 0.6 is 22.9 Å². The lowest BCUT2D eigenvalue weighted by Crippen LogP contribution is -2.62. The molecule has 2 aliphatic rings. The molecule has 1 spiro atoms. The van der Waals surface area contributed by atoms with Crippen LogP contribution in [0.25, 0.3) is 0 Å². The number of benzene rings is 1. The van der Waals surface area contributed by atoms with Gasteiger partial charge in [0.05, 0.1) is 19.3 Å². The predicted molar refractivity (Wildman–Crippen MR) is 114 cm³/mol. The highest BCUT2D eigenvalue weighted by Gasteiger charge is 2.57. The first-order valence-corrected chi connectivity index (χ1v) is 11.4. The highest BCUT2D eigenvalue weighted by atomic mass is 35.5. The van der Waals surface area contributed by atoms with E-state index in [1.54, 1.807) is 18.3 Å². The van der Waals surface area contributed by atoms with E-state index in [1.165, 1.54) is 9.75 Å². The van der Waals surface area contributed by atoms with Crippen LogP contribution < -0.4 is 0 Å². The molecule has 30 heavy (non-hydrogen) atoms. The summed E-state index contributed by atoms with van der Waals surface area (Å²) >= 11 is 8.27. The minimum absolute atomic E-state index is 0.211. The van der Waals surface area contributed by atoms with E-state index in [0.717, 1.165) is 17.5 Å². The molecule has 3 N–H and O–H groups in total. The van der Waals surface area contributed by atoms with E-state index in [4.69, 9.17) is 25.8 Å². The van der Waals surface area contributed by atoms with Gasteiger partial charge < -0.3 is 29.5 Å². The Morgan fingerprint density at radius 1 is 1.20 bits per heavy atom. The van der Waals surface area contributed by atoms with Crippen molar-refractivity contribution in [3.8, 4) is 0 Å². The van der Waals surface area contributed by atoms with Gasteiger partial charge in [0.25, 0.3) is 0 Å². The molecule has 0 saturated carbocycles. The molecule has 0 radical (unpaired) electrons. The second-order valence-electron chi connectivity index (χ2n) is 7.80. The molecule has 1 aromatic heterocycles. The Hall–Kier alpha value is -1.03. The average Bonchev–Trinajstić information content (AvgIpc) is 3.31. The third-order valence-electron chi connectivity index (χ3n) is 5.77. The normalized spacial score (nSPS) is 30.7. The van der Waals surface area contributed by atoms with Crippen molar-refractivity contribution >= 4 is 22.9 Å². The van der Waals surface area contributed by atoms with Crippen molar-refractivity contribution in [1.82, 2.24) is 0 Å². The zero-order valence-electron chi connectivity index (χ0n) is 17.0. The van der Waals surface area contributed by atoms with Crippen molar-refractivity contribution in [2.45, 2.75) is 63.5 Å². The molecule has 0 bridgehead atoms. The largest absolute Gasteiger partial charge is 0.388 e. The van der Waals surface area contributed by atoms with Crippen LogP contribution in [0.5, 0.6) is 0 Å². The lowest BCUT2D eigenvalue weighted by molar-refractivity contribution is -0.362. The second-order valence-corrected chi connectivity index (χ2v) is 9.46. The number of halogens is 1. The van der Waals surface area contributed by atoms with Gasteiger partial charge >= 0.3 is 0 Å². The maximum absolute atomic E-state index is 10.7. The summed E-state index contributed by atoms with van der Waals surface area (Å²) in [7, 11) is 0. The van der Waals surface area contributed by atoms with Gasteiger partial charge in [-0.2, -0.15) is 0 Å². The van der Waals surface area contributed by atoms with Gasteiger partial charge in [-0.05, 0) is 49.2 Å². The van der Waals surface area contributed by atoms with Gasteiger partial charge in [0.2, 0.25) is 5.79 Å². The van der Waals surface area contributed by atoms with Crippen LogP contribution in [-0.2, 0) is 39.4 Å². The number of hydrogen-bond acceptors (Lipinski definition) is 7. The number of thiophene rings is 1. The number of rotatable bonds is 6. The standard InChI is InChI=1S/C22H27ClO6S/c1-3-27-7-6-15-4-5-16(30-15)8-13-9-17-14(10-18(13)23)11-28-22(17)21(26)20(25)19(24)12(2)29-22/h4-5,9-10,12,19-21,24-26H,3,6-8,11H2,1-2H3/t12-,19-,20+,21-,22+/m1/s1. The number of hydrogen-bond donors (Lipinski definition) is 3. The number of aliphatic hydroxyl groups excluding tert-OH is 3. The Bertz CT molecular complexity index is 902. The molecule has 1 fully saturated rings. The Labute approximate surface area is 185 Å². The van der Waals surface area contributed by atoms with E-state index < -0.39 is 30.2 Å². The monoisotopic (exact) mass is 454 g/mol. The van der Waals surface area contributed by atoms with E-state index in [1.807, 2.05) is 19.1 Å². The van der Waals surface area contributed by atoms with Gasteiger partial charge in [-0.25, -0.2) is 0 Å². The fraction of sp³-hybridized carbons (Fsp3) is 0.545. The summed E-state index contributed by atoms with van der Waals surface area (Å²) in [6, 6.07) is 7.93. The van der Waals surface area contributed by atoms with Gasteiger partial charge in [0, 0.05) is 39.8 Å². The van der Waals surface area contributed by atoms with Crippen LogP contribution in [0.4, 0.5) is 0 Å². The summed E-state index contributed by atoms with van der Waals surface area (Å²) in [5.41, 5.74) is 2.35. The average molecular weight is 455 g/mol. The zero-order chi connectivity index (χ0) is 21.5. The van der Waals surface area contributed by atoms with Crippen LogP contribution in [0.3, 0.4) is 0 Å². The molecule has 164 valence electrons. The minimum atomic E-state index is -1.51. The van der Waals surface area contributed by atoms with E-state index in [2.05, 4.69) is 12.1 Å². The summed E-state index contributed by atoms with van der Waals surface area (Å²) < 4.78 is 17.2. The molecular weight excluding hydrogens is 428 g/mol. The maximum atomic E-state index is 10.7. The molecule has 0 unspecified atom stereocenters. The lowest BCUT2D eigenvalue weighted by Gasteiger charge is -2.45. The van der Waals surface area contributed by atoms with Crippen LogP contribution in [0, 0.1) is 0 Å². The molecule has 2 aliphatic heterocycles. The molecule has 8 heteroatoms. The molecular formula is C22H27ClO6S. The van der Waals surface area contributed by atoms with Crippen molar-refractivity contribution in [1.29, 1.82) is 0 Å². The molecule has 1 saturated heterocycles. The number of aliphatic hydroxyl groups is 3. The Morgan fingerprint density at radius 2 is 1.97 bits per heavy atom. The summed E-state index contributed by atoms with van der Waals surface area (Å²) in [4.78, 5) is 2.43. The summed E-state index contributed by atoms with van der Waals surface area (Å²) in [6.45, 7) is 5.26. The smallest absolute Gasteiger partial charge is 0.225 e. The van der Waals surface area contributed by atoms with Crippen LogP contribution in [0.15, 0.2) is 24.3 Å². The van der Waals surface area contributed by atoms with E-state index in [-0.39, 0.29) is 6.61 Å². The van der Waals surface area contributed by atoms with Gasteiger partial charge in [0.1, 0.15) is 18.3 Å². The van der Waals surface area contributed by atoms with Gasteiger partial charge in [-0.15, -0.1) is 11.3 Å². The first kappa shape index (κ1) is 22.2. The van der Waals surface area contributed by atoms with Crippen LogP contribution in [-0.4, -0.2) is 52.9 Å². The third-order valence-corrected chi connectivity index (χ3v) is 7.27. The maximum Gasteiger partial charge on any atom is 0.225 e. The summed E-state index contributed by atoms with van der Waals surface area (Å²) in [5.74, 6) is -1.51. The molecule has 2 aromatic rings. The summed E-state index contributed by atoms with van der Waals surface area (Å²) in [5, 5.41) is 31.7. The van der Waals surface area contributed by atoms with Crippen molar-refractivity contribution < 1.29 is 29.5 Å². The molecule has 0 amide bonds. The minimum Gasteiger partial charge on any atom is -0.388 e. The SMILES string of the molecule is CCOCCc1ccc(Cc2cc3c(cc2Cl)CO[C@]32O[C@H](C)[C@@H](O)[C@H](O)[C@H]2O)s1. The first-order chi connectivity index (χ1) is 14.4. The topological polar surface area (TPSA) is 88.4 Å². The van der Waals surface area contributed by atoms with E-state index >= 15 is 0 Å². The Morgan fingerprint density at radius 3 is 2.73 bits per heavy atom. The van der Waals surface area contributed by atoms with Crippen LogP contribution in [0.2, 0.25) is 5.02 Å². The molecule has 0 aliphatic carbocycles. The van der Waals surface area contributed by atoms with Gasteiger partial charge in [-0.1, -0.05) is 11.6 Å². The lowest BCUT2D eigenvalue weighted by atomic mass is 9.87. The molecule has 6 nitrogen and oxygen atoms in total. The highest BCUT2D eigenvalue weighted by molar-refractivity contribution is 7.12. The first-order valence-electron chi connectivity index (χ1n) is 10.2. The molecule has 1 aromatic carbocycles. The quantitative estimate of drug-likeness (QED) is 0.582. The van der Waals surface area contributed by atoms with Crippen LogP contribution in [0.1, 0.15) is 40.3 Å². The van der Waals surface area contributed by atoms with Gasteiger partial charge in [0.15, 0.2) is 0 Å². The molecule has 3 heterocycles. The molecule has 5 atom stereocenters. The van der Waals surface area contributed by atoms with E-state index in [9.17, 15) is 15.3 Å². The Kier molecular flexibility index (Phi) is 6.53. The second kappa shape index (κ2) is 8.84. The number of ether oxygens (including phenoxy) is 3. The van der Waals surface area contributed by atoms with E-state index in [0.29, 0.717) is 30.2 Å². The van der Waals surface area contributed by atoms with Gasteiger partial charge in [-0.3, -0.25) is 0 Å². The van der Waals surface area contributed by atoms with Crippen molar-refractivity contribution in [2.75, 3.05) is 13.2 Å². The highest BCUT2D eigenvalue weighted by Crippen LogP contribution is 2.47. The number of fused-ring (bicyclic) bond motifs is 2. The predicted octanol–water partition coefficient (Wildman–Crippen LogP) is 2.76. The van der Waals surface area contributed by atoms with Crippen molar-refractivity contribution in [2.24, 2.45) is 0 Å². The zero-order valence-corrected chi connectivity index (χ0v) is 18.6. The Balaban J connectivity index is 1.60. The fourth-order valence-electron chi connectivity index (χ4n) is 4.10. The fourth-order valence-corrected chi connectivity index (χ4v) is 5.38. The van der Waals surface area contributed by atoms with Crippen molar-refractivity contribution in [3.63, 3.8) is 0 Å². The third kappa shape index (κ3) is 3.94. The summed E-state index contributed by atoms with van der Waals surface area (Å²) in [6.07, 6.45) is -3.15. The molecule has 4 rings (SSSR count). The van der Waals surface area contributed by atoms with Crippen molar-refractivity contribution in [3.05, 3.63) is 55.7 Å².